The van der Waals surface area contributed by atoms with Gasteiger partial charge in [-0.3, -0.25) is 4.98 Å². The summed E-state index contributed by atoms with van der Waals surface area (Å²) in [6.45, 7) is 0.341. The lowest BCUT2D eigenvalue weighted by atomic mass is 10.1. The molecule has 0 aliphatic heterocycles. The van der Waals surface area contributed by atoms with Gasteiger partial charge in [0.25, 0.3) is 0 Å². The number of hydrogen-bond acceptors (Lipinski definition) is 5. The predicted molar refractivity (Wildman–Crippen MR) is 85.5 cm³/mol. The number of halogens is 1. The summed E-state index contributed by atoms with van der Waals surface area (Å²) >= 11 is 5.84. The van der Waals surface area contributed by atoms with Crippen molar-refractivity contribution >= 4 is 23.4 Å². The first-order valence-corrected chi connectivity index (χ1v) is 7.15. The molecular formula is C16H12ClN3O3. The van der Waals surface area contributed by atoms with Crippen LogP contribution in [0.15, 0.2) is 53.2 Å². The fraction of sp³-hybridized carbons (Fsp3) is 0.0625. The molecule has 0 saturated heterocycles. The summed E-state index contributed by atoms with van der Waals surface area (Å²) in [5.74, 6) is -0.787. The molecule has 0 bridgehead atoms. The van der Waals surface area contributed by atoms with Gasteiger partial charge in [-0.25, -0.2) is 4.79 Å². The first-order valence-electron chi connectivity index (χ1n) is 6.78. The highest BCUT2D eigenvalue weighted by Crippen LogP contribution is 2.30. The second-order valence-corrected chi connectivity index (χ2v) is 5.16. The monoisotopic (exact) mass is 329 g/mol. The largest absolute Gasteiger partial charge is 0.477 e. The Morgan fingerprint density at radius 2 is 2.00 bits per heavy atom. The lowest BCUT2D eigenvalue weighted by Crippen LogP contribution is -2.07. The Bertz CT molecular complexity index is 816. The van der Waals surface area contributed by atoms with Gasteiger partial charge in [-0.2, -0.15) is 0 Å². The third kappa shape index (κ3) is 3.32. The van der Waals surface area contributed by atoms with Crippen LogP contribution in [-0.4, -0.2) is 21.2 Å². The van der Waals surface area contributed by atoms with E-state index in [-0.39, 0.29) is 17.1 Å². The Labute approximate surface area is 136 Å². The molecule has 2 heterocycles. The van der Waals surface area contributed by atoms with E-state index in [0.717, 1.165) is 5.69 Å². The van der Waals surface area contributed by atoms with Crippen molar-refractivity contribution in [1.29, 1.82) is 0 Å². The summed E-state index contributed by atoms with van der Waals surface area (Å²) in [6.07, 6.45) is 1.66. The van der Waals surface area contributed by atoms with Crippen molar-refractivity contribution in [2.75, 3.05) is 5.32 Å². The number of benzene rings is 1. The molecule has 0 unspecified atom stereocenters. The van der Waals surface area contributed by atoms with Crippen LogP contribution in [0.3, 0.4) is 0 Å². The van der Waals surface area contributed by atoms with Gasteiger partial charge in [0, 0.05) is 16.8 Å². The second kappa shape index (κ2) is 6.50. The van der Waals surface area contributed by atoms with Gasteiger partial charge in [0.05, 0.1) is 12.2 Å². The zero-order valence-corrected chi connectivity index (χ0v) is 12.6. The summed E-state index contributed by atoms with van der Waals surface area (Å²) < 4.78 is 5.21. The average Bonchev–Trinajstić information content (AvgIpc) is 2.99. The number of carbonyl (C=O) groups is 1. The smallest absolute Gasteiger partial charge is 0.343 e. The minimum Gasteiger partial charge on any atom is -0.477 e. The number of hydrogen-bond donors (Lipinski definition) is 2. The van der Waals surface area contributed by atoms with Crippen molar-refractivity contribution in [3.8, 4) is 11.3 Å². The molecule has 3 aromatic rings. The number of nitrogens with one attached hydrogen (secondary N) is 1. The van der Waals surface area contributed by atoms with E-state index < -0.39 is 5.97 Å². The summed E-state index contributed by atoms with van der Waals surface area (Å²) in [5, 5.41) is 16.8. The number of anilines is 1. The molecule has 0 atom stereocenters. The van der Waals surface area contributed by atoms with Crippen LogP contribution in [0.5, 0.6) is 0 Å². The second-order valence-electron chi connectivity index (χ2n) is 4.72. The molecule has 3 rings (SSSR count). The van der Waals surface area contributed by atoms with Crippen LogP contribution in [0, 0.1) is 0 Å². The Hall–Kier alpha value is -2.86. The normalized spacial score (nSPS) is 10.5. The van der Waals surface area contributed by atoms with E-state index in [1.54, 1.807) is 36.5 Å². The average molecular weight is 330 g/mol. The maximum absolute atomic E-state index is 11.6. The molecule has 0 aliphatic rings. The summed E-state index contributed by atoms with van der Waals surface area (Å²) in [6, 6.07) is 12.2. The molecule has 2 N–H and O–H groups in total. The number of aromatic nitrogens is 2. The zero-order valence-electron chi connectivity index (χ0n) is 11.9. The number of pyridine rings is 1. The fourth-order valence-corrected chi connectivity index (χ4v) is 2.21. The van der Waals surface area contributed by atoms with E-state index in [2.05, 4.69) is 15.5 Å². The zero-order chi connectivity index (χ0) is 16.2. The van der Waals surface area contributed by atoms with E-state index in [4.69, 9.17) is 16.1 Å². The Kier molecular flexibility index (Phi) is 4.25. The lowest BCUT2D eigenvalue weighted by molar-refractivity contribution is 0.0698. The Morgan fingerprint density at radius 1 is 1.22 bits per heavy atom. The highest BCUT2D eigenvalue weighted by Gasteiger charge is 2.23. The van der Waals surface area contributed by atoms with Gasteiger partial charge in [-0.15, -0.1) is 0 Å². The minimum absolute atomic E-state index is 0.0248. The quantitative estimate of drug-likeness (QED) is 0.742. The highest BCUT2D eigenvalue weighted by atomic mass is 35.5. The third-order valence-corrected chi connectivity index (χ3v) is 3.43. The number of carboxylic acids is 1. The summed E-state index contributed by atoms with van der Waals surface area (Å²) in [5.41, 5.74) is 1.33. The maximum atomic E-state index is 11.6. The predicted octanol–water partition coefficient (Wildman–Crippen LogP) is 3.70. The first kappa shape index (κ1) is 15.1. The molecule has 0 amide bonds. The van der Waals surface area contributed by atoms with Crippen LogP contribution in [0.4, 0.5) is 5.82 Å². The van der Waals surface area contributed by atoms with Crippen molar-refractivity contribution < 1.29 is 14.4 Å². The van der Waals surface area contributed by atoms with Crippen molar-refractivity contribution in [3.63, 3.8) is 0 Å². The van der Waals surface area contributed by atoms with E-state index in [0.29, 0.717) is 17.1 Å². The molecule has 23 heavy (non-hydrogen) atoms. The van der Waals surface area contributed by atoms with Crippen molar-refractivity contribution in [3.05, 3.63) is 64.9 Å². The molecule has 0 radical (unpaired) electrons. The van der Waals surface area contributed by atoms with Gasteiger partial charge in [0.1, 0.15) is 0 Å². The van der Waals surface area contributed by atoms with Crippen molar-refractivity contribution in [1.82, 2.24) is 10.1 Å². The first-order chi connectivity index (χ1) is 11.1. The summed E-state index contributed by atoms with van der Waals surface area (Å²) in [4.78, 5) is 15.7. The molecule has 7 heteroatoms. The Morgan fingerprint density at radius 3 is 2.65 bits per heavy atom. The molecule has 1 aromatic carbocycles. The van der Waals surface area contributed by atoms with Crippen LogP contribution in [-0.2, 0) is 6.54 Å². The van der Waals surface area contributed by atoms with E-state index in [1.165, 1.54) is 0 Å². The van der Waals surface area contributed by atoms with E-state index in [1.807, 2.05) is 12.1 Å². The van der Waals surface area contributed by atoms with Gasteiger partial charge >= 0.3 is 5.97 Å². The highest BCUT2D eigenvalue weighted by molar-refractivity contribution is 6.30. The minimum atomic E-state index is -1.13. The molecule has 0 saturated carbocycles. The SMILES string of the molecule is O=C(O)c1c(NCc2ccccn2)noc1-c1ccc(Cl)cc1. The van der Waals surface area contributed by atoms with Crippen LogP contribution in [0.25, 0.3) is 11.3 Å². The molecule has 2 aromatic heterocycles. The van der Waals surface area contributed by atoms with Crippen molar-refractivity contribution in [2.45, 2.75) is 6.54 Å². The number of aromatic carboxylic acids is 1. The van der Waals surface area contributed by atoms with Gasteiger partial charge in [0.2, 0.25) is 0 Å². The van der Waals surface area contributed by atoms with Crippen LogP contribution in [0.1, 0.15) is 16.1 Å². The van der Waals surface area contributed by atoms with Gasteiger partial charge in [-0.1, -0.05) is 22.8 Å². The fourth-order valence-electron chi connectivity index (χ4n) is 2.08. The number of carboxylic acid groups (broad SMARTS) is 1. The lowest BCUT2D eigenvalue weighted by Gasteiger charge is -2.03. The van der Waals surface area contributed by atoms with Crippen LogP contribution < -0.4 is 5.32 Å². The molecular weight excluding hydrogens is 318 g/mol. The molecule has 6 nitrogen and oxygen atoms in total. The Balaban J connectivity index is 1.89. The summed E-state index contributed by atoms with van der Waals surface area (Å²) in [7, 11) is 0. The molecule has 0 spiro atoms. The third-order valence-electron chi connectivity index (χ3n) is 3.18. The van der Waals surface area contributed by atoms with Gasteiger partial charge in [0.15, 0.2) is 17.1 Å². The molecule has 0 fully saturated rings. The van der Waals surface area contributed by atoms with E-state index in [9.17, 15) is 9.90 Å². The van der Waals surface area contributed by atoms with Crippen LogP contribution in [0.2, 0.25) is 5.02 Å². The number of nitrogens with zero attached hydrogens (tertiary/aromatic N) is 2. The topological polar surface area (TPSA) is 88.2 Å². The molecule has 0 aliphatic carbocycles. The van der Waals surface area contributed by atoms with E-state index >= 15 is 0 Å². The number of rotatable bonds is 5. The van der Waals surface area contributed by atoms with Gasteiger partial charge in [-0.05, 0) is 36.4 Å². The van der Waals surface area contributed by atoms with Crippen LogP contribution >= 0.6 is 11.6 Å². The molecule has 116 valence electrons. The standard InChI is InChI=1S/C16H12ClN3O3/c17-11-6-4-10(5-7-11)14-13(16(21)22)15(20-23-14)19-9-12-3-1-2-8-18-12/h1-8H,9H2,(H,19,20)(H,21,22). The van der Waals surface area contributed by atoms with Crippen molar-refractivity contribution in [2.24, 2.45) is 0 Å². The maximum Gasteiger partial charge on any atom is 0.343 e. The van der Waals surface area contributed by atoms with Gasteiger partial charge < -0.3 is 14.9 Å².